The zero-order valence-corrected chi connectivity index (χ0v) is 19.0. The summed E-state index contributed by atoms with van der Waals surface area (Å²) in [6.07, 6.45) is 1.39. The lowest BCUT2D eigenvalue weighted by atomic mass is 10.0. The molecule has 0 bridgehead atoms. The summed E-state index contributed by atoms with van der Waals surface area (Å²) >= 11 is 0. The number of hydrogen-bond donors (Lipinski definition) is 2. The molecule has 172 valence electrons. The second-order valence-electron chi connectivity index (χ2n) is 8.43. The van der Waals surface area contributed by atoms with E-state index in [4.69, 9.17) is 9.72 Å². The Morgan fingerprint density at radius 3 is 2.79 bits per heavy atom. The molecule has 0 saturated carbocycles. The summed E-state index contributed by atoms with van der Waals surface area (Å²) in [5.74, 6) is -0.198. The largest absolute Gasteiger partial charge is 0.369 e. The zero-order valence-electron chi connectivity index (χ0n) is 19.0. The van der Waals surface area contributed by atoms with E-state index in [0.29, 0.717) is 37.5 Å². The summed E-state index contributed by atoms with van der Waals surface area (Å²) in [5.41, 5.74) is 2.84. The number of ether oxygens (including phenoxy) is 1. The van der Waals surface area contributed by atoms with Crippen molar-refractivity contribution in [2.24, 2.45) is 0 Å². The van der Waals surface area contributed by atoms with Gasteiger partial charge in [-0.1, -0.05) is 24.3 Å². The van der Waals surface area contributed by atoms with Gasteiger partial charge in [0.05, 0.1) is 42.2 Å². The third-order valence-electron chi connectivity index (χ3n) is 5.44. The highest BCUT2D eigenvalue weighted by Gasteiger charge is 2.26. The molecule has 3 aromatic rings. The van der Waals surface area contributed by atoms with Gasteiger partial charge in [-0.05, 0) is 38.1 Å². The summed E-state index contributed by atoms with van der Waals surface area (Å²) in [4.78, 5) is 36.4. The Bertz CT molecular complexity index is 1120. The van der Waals surface area contributed by atoms with E-state index in [0.717, 1.165) is 16.6 Å². The predicted octanol–water partition coefficient (Wildman–Crippen LogP) is 2.46. The second-order valence-corrected chi connectivity index (χ2v) is 8.43. The molecule has 1 fully saturated rings. The normalized spacial score (nSPS) is 16.6. The maximum Gasteiger partial charge on any atom is 0.252 e. The monoisotopic (exact) mass is 447 g/mol. The number of para-hydroxylation sites is 1. The van der Waals surface area contributed by atoms with Crippen LogP contribution in [0.2, 0.25) is 0 Å². The predicted molar refractivity (Wildman–Crippen MR) is 126 cm³/mol. The van der Waals surface area contributed by atoms with Crippen LogP contribution in [0.5, 0.6) is 0 Å². The molecule has 8 heteroatoms. The zero-order chi connectivity index (χ0) is 23.2. The molecule has 8 nitrogen and oxygen atoms in total. The number of carbonyl (C=O) groups excluding carboxylic acids is 2. The van der Waals surface area contributed by atoms with Crippen LogP contribution in [0.1, 0.15) is 41.7 Å². The summed E-state index contributed by atoms with van der Waals surface area (Å²) in [5, 5.41) is 6.69. The molecule has 2 amide bonds. The van der Waals surface area contributed by atoms with Crippen LogP contribution in [0, 0.1) is 0 Å². The lowest BCUT2D eigenvalue weighted by Crippen LogP contribution is -2.44. The van der Waals surface area contributed by atoms with Gasteiger partial charge in [0.15, 0.2) is 0 Å². The topological polar surface area (TPSA) is 96.5 Å². The molecule has 1 aliphatic heterocycles. The van der Waals surface area contributed by atoms with Crippen molar-refractivity contribution in [3.8, 4) is 0 Å². The van der Waals surface area contributed by atoms with Crippen molar-refractivity contribution in [1.29, 1.82) is 0 Å². The Morgan fingerprint density at radius 2 is 2.00 bits per heavy atom. The maximum absolute atomic E-state index is 12.9. The molecular weight excluding hydrogens is 418 g/mol. The van der Waals surface area contributed by atoms with Crippen molar-refractivity contribution in [3.05, 3.63) is 71.7 Å². The van der Waals surface area contributed by atoms with Crippen molar-refractivity contribution in [1.82, 2.24) is 25.5 Å². The first-order valence-corrected chi connectivity index (χ1v) is 11.2. The van der Waals surface area contributed by atoms with Crippen LogP contribution in [-0.4, -0.2) is 59.0 Å². The van der Waals surface area contributed by atoms with Crippen LogP contribution in [0.4, 0.5) is 0 Å². The Kier molecular flexibility index (Phi) is 7.26. The van der Waals surface area contributed by atoms with Crippen LogP contribution in [0.15, 0.2) is 54.7 Å². The van der Waals surface area contributed by atoms with E-state index in [-0.39, 0.29) is 30.5 Å². The van der Waals surface area contributed by atoms with E-state index in [1.165, 1.54) is 0 Å². The van der Waals surface area contributed by atoms with Crippen LogP contribution in [-0.2, 0) is 16.1 Å². The number of nitrogens with one attached hydrogen (secondary N) is 2. The molecule has 1 atom stereocenters. The number of benzene rings is 1. The van der Waals surface area contributed by atoms with E-state index in [9.17, 15) is 9.59 Å². The van der Waals surface area contributed by atoms with Gasteiger partial charge in [-0.25, -0.2) is 4.98 Å². The van der Waals surface area contributed by atoms with Crippen LogP contribution in [0.25, 0.3) is 10.9 Å². The van der Waals surface area contributed by atoms with Crippen molar-refractivity contribution < 1.29 is 14.3 Å². The van der Waals surface area contributed by atoms with E-state index >= 15 is 0 Å². The Balaban J connectivity index is 1.46. The highest BCUT2D eigenvalue weighted by atomic mass is 16.5. The SMILES string of the molecule is CC(C)NC(=O)c1cc([C@H]2CN(CC(=O)NCc3ccccn3)CCO2)nc2ccccc12. The molecule has 0 radical (unpaired) electrons. The van der Waals surface area contributed by atoms with Crippen molar-refractivity contribution >= 4 is 22.7 Å². The van der Waals surface area contributed by atoms with Gasteiger partial charge in [0, 0.05) is 30.7 Å². The van der Waals surface area contributed by atoms with Crippen molar-refractivity contribution in [2.45, 2.75) is 32.5 Å². The summed E-state index contributed by atoms with van der Waals surface area (Å²) in [6.45, 7) is 6.19. The minimum atomic E-state index is -0.322. The van der Waals surface area contributed by atoms with Gasteiger partial charge in [0.2, 0.25) is 5.91 Å². The quantitative estimate of drug-likeness (QED) is 0.578. The van der Waals surface area contributed by atoms with Gasteiger partial charge in [-0.3, -0.25) is 19.5 Å². The molecule has 2 aromatic heterocycles. The number of pyridine rings is 2. The fourth-order valence-electron chi connectivity index (χ4n) is 3.86. The van der Waals surface area contributed by atoms with Crippen molar-refractivity contribution in [2.75, 3.05) is 26.2 Å². The lowest BCUT2D eigenvalue weighted by Gasteiger charge is -2.32. The number of hydrogen-bond acceptors (Lipinski definition) is 6. The minimum Gasteiger partial charge on any atom is -0.369 e. The fraction of sp³-hybridized carbons (Fsp3) is 0.360. The standard InChI is InChI=1S/C25H29N5O3/c1-17(2)28-25(32)20-13-22(29-21-9-4-3-8-19(20)21)23-15-30(11-12-33-23)16-24(31)27-14-18-7-5-6-10-26-18/h3-10,13,17,23H,11-12,14-16H2,1-2H3,(H,27,31)(H,28,32)/t23-/m1/s1. The molecule has 0 unspecified atom stereocenters. The number of fused-ring (bicyclic) bond motifs is 1. The highest BCUT2D eigenvalue weighted by molar-refractivity contribution is 6.06. The number of aromatic nitrogens is 2. The first-order chi connectivity index (χ1) is 16.0. The van der Waals surface area contributed by atoms with Gasteiger partial charge in [0.1, 0.15) is 6.10 Å². The summed E-state index contributed by atoms with van der Waals surface area (Å²) < 4.78 is 5.99. The van der Waals surface area contributed by atoms with Crippen LogP contribution in [0.3, 0.4) is 0 Å². The molecule has 1 aliphatic rings. The number of morpholine rings is 1. The van der Waals surface area contributed by atoms with Gasteiger partial charge < -0.3 is 15.4 Å². The number of rotatable bonds is 7. The average molecular weight is 448 g/mol. The number of amides is 2. The molecule has 1 aromatic carbocycles. The molecule has 0 aliphatic carbocycles. The van der Waals surface area contributed by atoms with E-state index in [1.807, 2.05) is 67.3 Å². The Labute approximate surface area is 193 Å². The molecule has 4 rings (SSSR count). The van der Waals surface area contributed by atoms with Crippen molar-refractivity contribution in [3.63, 3.8) is 0 Å². The fourth-order valence-corrected chi connectivity index (χ4v) is 3.86. The second kappa shape index (κ2) is 10.5. The smallest absolute Gasteiger partial charge is 0.252 e. The molecule has 0 spiro atoms. The minimum absolute atomic E-state index is 0.0268. The Morgan fingerprint density at radius 1 is 1.18 bits per heavy atom. The first-order valence-electron chi connectivity index (χ1n) is 11.2. The first kappa shape index (κ1) is 22.8. The Hall–Kier alpha value is -3.36. The van der Waals surface area contributed by atoms with E-state index in [2.05, 4.69) is 15.6 Å². The van der Waals surface area contributed by atoms with E-state index in [1.54, 1.807) is 6.20 Å². The molecular formula is C25H29N5O3. The summed E-state index contributed by atoms with van der Waals surface area (Å²) in [6, 6.07) is 15.1. The molecule has 1 saturated heterocycles. The third-order valence-corrected chi connectivity index (χ3v) is 5.44. The van der Waals surface area contributed by atoms with Gasteiger partial charge in [-0.15, -0.1) is 0 Å². The molecule has 3 heterocycles. The van der Waals surface area contributed by atoms with Crippen LogP contribution >= 0.6 is 0 Å². The lowest BCUT2D eigenvalue weighted by molar-refractivity contribution is -0.124. The van der Waals surface area contributed by atoms with Gasteiger partial charge >= 0.3 is 0 Å². The highest BCUT2D eigenvalue weighted by Crippen LogP contribution is 2.26. The van der Waals surface area contributed by atoms with Gasteiger partial charge in [-0.2, -0.15) is 0 Å². The number of nitrogens with zero attached hydrogens (tertiary/aromatic N) is 3. The molecule has 33 heavy (non-hydrogen) atoms. The number of carbonyl (C=O) groups is 2. The average Bonchev–Trinajstić information content (AvgIpc) is 2.82. The third kappa shape index (κ3) is 5.91. The van der Waals surface area contributed by atoms with Gasteiger partial charge in [0.25, 0.3) is 5.91 Å². The maximum atomic E-state index is 12.9. The summed E-state index contributed by atoms with van der Waals surface area (Å²) in [7, 11) is 0. The van der Waals surface area contributed by atoms with Crippen LogP contribution < -0.4 is 10.6 Å². The molecule has 2 N–H and O–H groups in total. The van der Waals surface area contributed by atoms with E-state index < -0.39 is 0 Å².